The number of nitrogens with two attached hydrogens (primary N) is 1. The van der Waals surface area contributed by atoms with Gasteiger partial charge in [0, 0.05) is 0 Å². The molecule has 0 heterocycles. The van der Waals surface area contributed by atoms with Crippen molar-refractivity contribution < 1.29 is 0 Å². The molecule has 84 valence electrons. The molecule has 0 aliphatic heterocycles. The van der Waals surface area contributed by atoms with E-state index in [-0.39, 0.29) is 4.87 Å². The number of thiol groups is 1. The quantitative estimate of drug-likeness (QED) is 0.542. The molecule has 0 amide bonds. The summed E-state index contributed by atoms with van der Waals surface area (Å²) in [5.74, 6) is 0. The maximum absolute atomic E-state index is 6.39. The lowest BCUT2D eigenvalue weighted by Gasteiger charge is -2.49. The Hall–Kier alpha value is 0.310. The topological polar surface area (TPSA) is 26.0 Å². The monoisotopic (exact) mass is 215 g/mol. The molecule has 1 aliphatic rings. The molecule has 1 saturated carbocycles. The van der Waals surface area contributed by atoms with Gasteiger partial charge in [0.2, 0.25) is 0 Å². The van der Waals surface area contributed by atoms with Crippen LogP contribution in [0.1, 0.15) is 65.2 Å². The van der Waals surface area contributed by atoms with Crippen LogP contribution in [0.15, 0.2) is 0 Å². The van der Waals surface area contributed by atoms with Gasteiger partial charge < -0.3 is 5.73 Å². The smallest absolute Gasteiger partial charge is 0.0647 e. The highest BCUT2D eigenvalue weighted by molar-refractivity contribution is 7.81. The summed E-state index contributed by atoms with van der Waals surface area (Å²) in [6.45, 7) is 4.52. The highest BCUT2D eigenvalue weighted by Gasteiger charge is 2.46. The zero-order chi connectivity index (χ0) is 10.7. The van der Waals surface area contributed by atoms with Crippen LogP contribution in [-0.4, -0.2) is 4.87 Å². The van der Waals surface area contributed by atoms with Crippen LogP contribution in [-0.2, 0) is 0 Å². The van der Waals surface area contributed by atoms with Crippen LogP contribution in [0, 0.1) is 5.41 Å². The van der Waals surface area contributed by atoms with Crippen molar-refractivity contribution in [1.29, 1.82) is 0 Å². The Balaban J connectivity index is 2.80. The van der Waals surface area contributed by atoms with Gasteiger partial charge >= 0.3 is 0 Å². The average molecular weight is 215 g/mol. The molecule has 0 bridgehead atoms. The van der Waals surface area contributed by atoms with E-state index in [2.05, 4.69) is 13.8 Å². The van der Waals surface area contributed by atoms with E-state index >= 15 is 0 Å². The van der Waals surface area contributed by atoms with Gasteiger partial charge in [0.1, 0.15) is 0 Å². The average Bonchev–Trinajstić information content (AvgIpc) is 2.11. The first kappa shape index (κ1) is 12.4. The van der Waals surface area contributed by atoms with Crippen molar-refractivity contribution in [2.75, 3.05) is 0 Å². The summed E-state index contributed by atoms with van der Waals surface area (Å²) in [6.07, 6.45) is 9.96. The van der Waals surface area contributed by atoms with Crippen LogP contribution in [0.5, 0.6) is 0 Å². The molecule has 1 atom stereocenters. The third kappa shape index (κ3) is 2.27. The van der Waals surface area contributed by atoms with Crippen LogP contribution < -0.4 is 5.73 Å². The van der Waals surface area contributed by atoms with Gasteiger partial charge in [0.15, 0.2) is 0 Å². The summed E-state index contributed by atoms with van der Waals surface area (Å²) in [6, 6.07) is 0. The normalized spacial score (nSPS) is 31.7. The van der Waals surface area contributed by atoms with Gasteiger partial charge in [0.05, 0.1) is 4.87 Å². The second-order valence-corrected chi connectivity index (χ2v) is 5.71. The molecule has 2 N–H and O–H groups in total. The Labute approximate surface area is 94.2 Å². The third-order valence-corrected chi connectivity index (χ3v) is 4.54. The first-order valence-corrected chi connectivity index (χ1v) is 6.54. The Morgan fingerprint density at radius 3 is 2.00 bits per heavy atom. The van der Waals surface area contributed by atoms with E-state index in [1.54, 1.807) is 0 Å². The number of hydrogen-bond donors (Lipinski definition) is 2. The van der Waals surface area contributed by atoms with Crippen LogP contribution in [0.25, 0.3) is 0 Å². The molecule has 1 rings (SSSR count). The zero-order valence-corrected chi connectivity index (χ0v) is 10.6. The summed E-state index contributed by atoms with van der Waals surface area (Å²) in [5, 5.41) is 0. The molecule has 1 unspecified atom stereocenters. The first-order valence-electron chi connectivity index (χ1n) is 6.09. The summed E-state index contributed by atoms with van der Waals surface area (Å²) in [4.78, 5) is -0.211. The SMILES string of the molecule is CCCC1(CCC)CCCCC1(N)S. The summed E-state index contributed by atoms with van der Waals surface area (Å²) < 4.78 is 0. The van der Waals surface area contributed by atoms with Gasteiger partial charge in [-0.15, -0.1) is 0 Å². The van der Waals surface area contributed by atoms with E-state index in [0.29, 0.717) is 5.41 Å². The second-order valence-electron chi connectivity index (χ2n) is 4.91. The minimum absolute atomic E-state index is 0.211. The molecule has 0 radical (unpaired) electrons. The van der Waals surface area contributed by atoms with Crippen molar-refractivity contribution in [3.05, 3.63) is 0 Å². The highest BCUT2D eigenvalue weighted by Crippen LogP contribution is 2.51. The molecule has 0 aromatic carbocycles. The predicted octanol–water partition coefficient (Wildman–Crippen LogP) is 3.73. The predicted molar refractivity (Wildman–Crippen MR) is 66.6 cm³/mol. The molecule has 0 spiro atoms. The van der Waals surface area contributed by atoms with Gasteiger partial charge in [0.25, 0.3) is 0 Å². The summed E-state index contributed by atoms with van der Waals surface area (Å²) in [7, 11) is 0. The second kappa shape index (κ2) is 4.89. The molecular weight excluding hydrogens is 190 g/mol. The first-order chi connectivity index (χ1) is 6.58. The fraction of sp³-hybridized carbons (Fsp3) is 1.00. The van der Waals surface area contributed by atoms with E-state index in [1.807, 2.05) is 0 Å². The van der Waals surface area contributed by atoms with Crippen LogP contribution in [0.2, 0.25) is 0 Å². The lowest BCUT2D eigenvalue weighted by Crippen LogP contribution is -2.53. The Kier molecular flexibility index (Phi) is 4.32. The minimum atomic E-state index is -0.211. The van der Waals surface area contributed by atoms with Crippen molar-refractivity contribution in [3.63, 3.8) is 0 Å². The fourth-order valence-electron chi connectivity index (χ4n) is 3.10. The van der Waals surface area contributed by atoms with Gasteiger partial charge in [-0.05, 0) is 31.1 Å². The lowest BCUT2D eigenvalue weighted by molar-refractivity contribution is 0.102. The molecule has 1 nitrogen and oxygen atoms in total. The molecule has 14 heavy (non-hydrogen) atoms. The van der Waals surface area contributed by atoms with Crippen molar-refractivity contribution in [3.8, 4) is 0 Å². The molecule has 0 saturated heterocycles. The van der Waals surface area contributed by atoms with E-state index < -0.39 is 0 Å². The Morgan fingerprint density at radius 2 is 1.57 bits per heavy atom. The lowest BCUT2D eigenvalue weighted by atomic mass is 9.65. The fourth-order valence-corrected chi connectivity index (χ4v) is 3.60. The summed E-state index contributed by atoms with van der Waals surface area (Å²) in [5.41, 5.74) is 6.71. The standard InChI is InChI=1S/C12H25NS/c1-3-7-11(8-4-2)9-5-6-10-12(11,13)14/h14H,3-10,13H2,1-2H3. The van der Waals surface area contributed by atoms with Crippen molar-refractivity contribution >= 4 is 12.6 Å². The van der Waals surface area contributed by atoms with E-state index in [9.17, 15) is 0 Å². The molecule has 2 heteroatoms. The van der Waals surface area contributed by atoms with E-state index in [4.69, 9.17) is 18.4 Å². The van der Waals surface area contributed by atoms with Crippen molar-refractivity contribution in [2.45, 2.75) is 70.1 Å². The molecule has 1 aliphatic carbocycles. The molecule has 1 fully saturated rings. The summed E-state index contributed by atoms with van der Waals surface area (Å²) >= 11 is 4.74. The Morgan fingerprint density at radius 1 is 1.07 bits per heavy atom. The van der Waals surface area contributed by atoms with E-state index in [1.165, 1.54) is 44.9 Å². The van der Waals surface area contributed by atoms with Crippen molar-refractivity contribution in [1.82, 2.24) is 0 Å². The maximum Gasteiger partial charge on any atom is 0.0647 e. The van der Waals surface area contributed by atoms with Crippen molar-refractivity contribution in [2.24, 2.45) is 11.1 Å². The molecule has 0 aromatic rings. The van der Waals surface area contributed by atoms with Gasteiger partial charge in [-0.2, -0.15) is 12.6 Å². The third-order valence-electron chi connectivity index (χ3n) is 3.84. The van der Waals surface area contributed by atoms with Crippen LogP contribution in [0.4, 0.5) is 0 Å². The zero-order valence-electron chi connectivity index (χ0n) is 9.68. The van der Waals surface area contributed by atoms with Crippen LogP contribution in [0.3, 0.4) is 0 Å². The molecular formula is C12H25NS. The minimum Gasteiger partial charge on any atom is -0.317 e. The number of hydrogen-bond acceptors (Lipinski definition) is 2. The van der Waals surface area contributed by atoms with E-state index in [0.717, 1.165) is 6.42 Å². The largest absolute Gasteiger partial charge is 0.317 e. The highest BCUT2D eigenvalue weighted by atomic mass is 32.1. The Bertz CT molecular complexity index is 166. The number of rotatable bonds is 4. The van der Waals surface area contributed by atoms with Crippen LogP contribution >= 0.6 is 12.6 Å². The van der Waals surface area contributed by atoms with Gasteiger partial charge in [-0.3, -0.25) is 0 Å². The van der Waals surface area contributed by atoms with Gasteiger partial charge in [-0.25, -0.2) is 0 Å². The maximum atomic E-state index is 6.39. The molecule has 0 aromatic heterocycles. The van der Waals surface area contributed by atoms with Gasteiger partial charge in [-0.1, -0.05) is 39.5 Å².